The SMILES string of the molecule is CNC(=O)c1ccccc1Nc1nc(Nc2cc(OC)c(OC)c(OC)c2)ncc1I. The molecule has 1 aromatic heterocycles. The van der Waals surface area contributed by atoms with Crippen molar-refractivity contribution >= 4 is 51.6 Å². The Labute approximate surface area is 193 Å². The van der Waals surface area contributed by atoms with Crippen molar-refractivity contribution in [3.63, 3.8) is 0 Å². The molecule has 1 amide bonds. The van der Waals surface area contributed by atoms with Gasteiger partial charge in [-0.2, -0.15) is 4.98 Å². The van der Waals surface area contributed by atoms with Crippen molar-refractivity contribution in [1.82, 2.24) is 15.3 Å². The molecular formula is C21H22IN5O4. The van der Waals surface area contributed by atoms with Crippen molar-refractivity contribution < 1.29 is 19.0 Å². The fourth-order valence-electron chi connectivity index (χ4n) is 2.85. The largest absolute Gasteiger partial charge is 0.493 e. The van der Waals surface area contributed by atoms with Crippen molar-refractivity contribution in [3.8, 4) is 17.2 Å². The minimum atomic E-state index is -0.192. The maximum Gasteiger partial charge on any atom is 0.253 e. The van der Waals surface area contributed by atoms with E-state index in [1.54, 1.807) is 58.8 Å². The van der Waals surface area contributed by atoms with Crippen molar-refractivity contribution in [2.75, 3.05) is 39.0 Å². The van der Waals surface area contributed by atoms with Crippen LogP contribution in [0.25, 0.3) is 0 Å². The number of halogens is 1. The zero-order valence-corrected chi connectivity index (χ0v) is 19.6. The highest BCUT2D eigenvalue weighted by atomic mass is 127. The van der Waals surface area contributed by atoms with E-state index in [0.717, 1.165) is 3.57 Å². The molecular weight excluding hydrogens is 513 g/mol. The summed E-state index contributed by atoms with van der Waals surface area (Å²) in [4.78, 5) is 21.1. The number of nitrogens with zero attached hydrogens (tertiary/aromatic N) is 2. The maximum absolute atomic E-state index is 12.2. The number of amides is 1. The van der Waals surface area contributed by atoms with Gasteiger partial charge in [-0.15, -0.1) is 0 Å². The highest BCUT2D eigenvalue weighted by Gasteiger charge is 2.15. The first kappa shape index (κ1) is 22.4. The number of aromatic nitrogens is 2. The van der Waals surface area contributed by atoms with E-state index >= 15 is 0 Å². The Bertz CT molecular complexity index is 1070. The van der Waals surface area contributed by atoms with Crippen LogP contribution in [-0.4, -0.2) is 44.3 Å². The Morgan fingerprint density at radius 2 is 1.68 bits per heavy atom. The smallest absolute Gasteiger partial charge is 0.253 e. The van der Waals surface area contributed by atoms with E-state index in [1.807, 2.05) is 12.1 Å². The molecule has 9 nitrogen and oxygen atoms in total. The number of benzene rings is 2. The summed E-state index contributed by atoms with van der Waals surface area (Å²) in [5, 5.41) is 9.00. The average molecular weight is 535 g/mol. The van der Waals surface area contributed by atoms with Gasteiger partial charge in [0.05, 0.1) is 36.2 Å². The van der Waals surface area contributed by atoms with Crippen LogP contribution in [0.5, 0.6) is 17.2 Å². The number of carbonyl (C=O) groups is 1. The second kappa shape index (κ2) is 10.2. The molecule has 0 saturated carbocycles. The van der Waals surface area contributed by atoms with Gasteiger partial charge in [0.15, 0.2) is 11.5 Å². The molecule has 0 aliphatic rings. The van der Waals surface area contributed by atoms with Gasteiger partial charge >= 0.3 is 0 Å². The Morgan fingerprint density at radius 1 is 1.00 bits per heavy atom. The topological polar surface area (TPSA) is 107 Å². The van der Waals surface area contributed by atoms with Crippen LogP contribution in [0.1, 0.15) is 10.4 Å². The lowest BCUT2D eigenvalue weighted by atomic mass is 10.1. The molecule has 0 radical (unpaired) electrons. The van der Waals surface area contributed by atoms with Crippen LogP contribution < -0.4 is 30.2 Å². The van der Waals surface area contributed by atoms with Crippen LogP contribution in [0.4, 0.5) is 23.1 Å². The second-order valence-corrected chi connectivity index (χ2v) is 7.34. The molecule has 0 aliphatic carbocycles. The molecule has 0 unspecified atom stereocenters. The van der Waals surface area contributed by atoms with Gasteiger partial charge in [0.25, 0.3) is 5.91 Å². The molecule has 3 N–H and O–H groups in total. The van der Waals surface area contributed by atoms with E-state index in [4.69, 9.17) is 14.2 Å². The summed E-state index contributed by atoms with van der Waals surface area (Å²) >= 11 is 2.13. The summed E-state index contributed by atoms with van der Waals surface area (Å²) in [7, 11) is 6.24. The molecule has 0 saturated heterocycles. The van der Waals surface area contributed by atoms with Gasteiger partial charge in [0.2, 0.25) is 11.7 Å². The highest BCUT2D eigenvalue weighted by Crippen LogP contribution is 2.40. The van der Waals surface area contributed by atoms with E-state index in [1.165, 1.54) is 0 Å². The molecule has 2 aromatic carbocycles. The van der Waals surface area contributed by atoms with Crippen molar-refractivity contribution in [3.05, 3.63) is 51.7 Å². The van der Waals surface area contributed by atoms with Gasteiger partial charge in [-0.25, -0.2) is 4.98 Å². The minimum absolute atomic E-state index is 0.192. The first-order valence-corrected chi connectivity index (χ1v) is 10.3. The average Bonchev–Trinajstić information content (AvgIpc) is 2.80. The molecule has 3 aromatic rings. The Balaban J connectivity index is 1.92. The van der Waals surface area contributed by atoms with Gasteiger partial charge in [-0.1, -0.05) is 12.1 Å². The number of anilines is 4. The normalized spacial score (nSPS) is 10.2. The minimum Gasteiger partial charge on any atom is -0.493 e. The van der Waals surface area contributed by atoms with E-state index in [0.29, 0.717) is 46.0 Å². The lowest BCUT2D eigenvalue weighted by Gasteiger charge is -2.15. The summed E-state index contributed by atoms with van der Waals surface area (Å²) in [5.41, 5.74) is 1.81. The van der Waals surface area contributed by atoms with Crippen LogP contribution in [0.2, 0.25) is 0 Å². The summed E-state index contributed by atoms with van der Waals surface area (Å²) < 4.78 is 16.9. The zero-order chi connectivity index (χ0) is 22.4. The molecule has 10 heteroatoms. The molecule has 1 heterocycles. The summed E-state index contributed by atoms with van der Waals surface area (Å²) in [6, 6.07) is 10.7. The van der Waals surface area contributed by atoms with Crippen LogP contribution >= 0.6 is 22.6 Å². The van der Waals surface area contributed by atoms with Gasteiger partial charge in [-0.3, -0.25) is 4.79 Å². The van der Waals surface area contributed by atoms with E-state index in [2.05, 4.69) is 48.5 Å². The predicted molar refractivity (Wildman–Crippen MR) is 127 cm³/mol. The summed E-state index contributed by atoms with van der Waals surface area (Å²) in [6.07, 6.45) is 1.68. The third-order valence-corrected chi connectivity index (χ3v) is 5.11. The maximum atomic E-state index is 12.2. The van der Waals surface area contributed by atoms with Gasteiger partial charge in [0, 0.05) is 31.1 Å². The zero-order valence-electron chi connectivity index (χ0n) is 17.4. The number of carbonyl (C=O) groups excluding carboxylic acids is 1. The first-order chi connectivity index (χ1) is 15.0. The monoisotopic (exact) mass is 535 g/mol. The predicted octanol–water partition coefficient (Wildman–Crippen LogP) is 3.95. The molecule has 0 aliphatic heterocycles. The third kappa shape index (κ3) is 5.08. The van der Waals surface area contributed by atoms with Gasteiger partial charge < -0.3 is 30.2 Å². The standard InChI is InChI=1S/C21H22IN5O4/c1-23-20(28)13-7-5-6-8-15(13)26-19-14(22)11-24-21(27-19)25-12-9-16(29-2)18(31-4)17(10-12)30-3/h5-11H,1-4H3,(H,23,28)(H2,24,25,26,27). The van der Waals surface area contributed by atoms with Crippen LogP contribution in [-0.2, 0) is 0 Å². The molecule has 31 heavy (non-hydrogen) atoms. The Hall–Kier alpha value is -3.28. The van der Waals surface area contributed by atoms with Crippen LogP contribution in [0.3, 0.4) is 0 Å². The van der Waals surface area contributed by atoms with Crippen LogP contribution in [0, 0.1) is 3.57 Å². The number of rotatable bonds is 8. The Morgan fingerprint density at radius 3 is 2.29 bits per heavy atom. The summed E-state index contributed by atoms with van der Waals surface area (Å²) in [5.74, 6) is 2.23. The third-order valence-electron chi connectivity index (χ3n) is 4.32. The van der Waals surface area contributed by atoms with E-state index < -0.39 is 0 Å². The van der Waals surface area contributed by atoms with Gasteiger partial charge in [0.1, 0.15) is 5.82 Å². The number of ether oxygens (including phenoxy) is 3. The fourth-order valence-corrected chi connectivity index (χ4v) is 3.24. The number of nitrogens with one attached hydrogen (secondary N) is 3. The summed E-state index contributed by atoms with van der Waals surface area (Å²) in [6.45, 7) is 0. The molecule has 0 bridgehead atoms. The Kier molecular flexibility index (Phi) is 7.34. The van der Waals surface area contributed by atoms with Crippen molar-refractivity contribution in [2.24, 2.45) is 0 Å². The second-order valence-electron chi connectivity index (χ2n) is 6.18. The van der Waals surface area contributed by atoms with E-state index in [9.17, 15) is 4.79 Å². The molecule has 0 fully saturated rings. The molecule has 0 atom stereocenters. The van der Waals surface area contributed by atoms with E-state index in [-0.39, 0.29) is 5.91 Å². The lowest BCUT2D eigenvalue weighted by Crippen LogP contribution is -2.19. The highest BCUT2D eigenvalue weighted by molar-refractivity contribution is 14.1. The van der Waals surface area contributed by atoms with Crippen molar-refractivity contribution in [2.45, 2.75) is 0 Å². The molecule has 0 spiro atoms. The first-order valence-electron chi connectivity index (χ1n) is 9.18. The molecule has 162 valence electrons. The van der Waals surface area contributed by atoms with Gasteiger partial charge in [-0.05, 0) is 34.7 Å². The van der Waals surface area contributed by atoms with Crippen molar-refractivity contribution in [1.29, 1.82) is 0 Å². The lowest BCUT2D eigenvalue weighted by molar-refractivity contribution is 0.0964. The number of para-hydroxylation sites is 1. The van der Waals surface area contributed by atoms with Crippen LogP contribution in [0.15, 0.2) is 42.6 Å². The number of methoxy groups -OCH3 is 3. The quantitative estimate of drug-likeness (QED) is 0.373. The molecule has 3 rings (SSSR count). The fraction of sp³-hybridized carbons (Fsp3) is 0.190. The number of hydrogen-bond donors (Lipinski definition) is 3. The number of hydrogen-bond acceptors (Lipinski definition) is 8.